The Morgan fingerprint density at radius 3 is 2.67 bits per heavy atom. The molecule has 6 nitrogen and oxygen atoms in total. The van der Waals surface area contributed by atoms with Crippen molar-refractivity contribution in [1.82, 2.24) is 9.97 Å². The number of carbonyl (C=O) groups is 1. The van der Waals surface area contributed by atoms with Crippen LogP contribution in [0.3, 0.4) is 0 Å². The number of esters is 1. The summed E-state index contributed by atoms with van der Waals surface area (Å²) in [6, 6.07) is 3.51. The molecule has 2 aromatic heterocycles. The second-order valence-electron chi connectivity index (χ2n) is 5.33. The lowest BCUT2D eigenvalue weighted by Crippen LogP contribution is -2.22. The zero-order valence-corrected chi connectivity index (χ0v) is 14.5. The number of anilines is 2. The summed E-state index contributed by atoms with van der Waals surface area (Å²) in [6.45, 7) is 1.49. The van der Waals surface area contributed by atoms with E-state index in [1.54, 1.807) is 0 Å². The van der Waals surface area contributed by atoms with E-state index in [-0.39, 0.29) is 29.1 Å². The molecule has 0 saturated carbocycles. The monoisotopic (exact) mass is 397 g/mol. The third-order valence-electron chi connectivity index (χ3n) is 3.57. The summed E-state index contributed by atoms with van der Waals surface area (Å²) in [5.74, 6) is -3.99. The van der Waals surface area contributed by atoms with E-state index in [9.17, 15) is 22.8 Å². The first-order valence-electron chi connectivity index (χ1n) is 7.63. The number of ether oxygens (including phenoxy) is 1. The molecule has 140 valence electrons. The van der Waals surface area contributed by atoms with Gasteiger partial charge in [0.25, 0.3) is 0 Å². The summed E-state index contributed by atoms with van der Waals surface area (Å²) in [4.78, 5) is 31.2. The van der Waals surface area contributed by atoms with Crippen LogP contribution in [0.1, 0.15) is 17.3 Å². The molecule has 0 radical (unpaired) electrons. The Bertz CT molecular complexity index is 1120. The van der Waals surface area contributed by atoms with Crippen molar-refractivity contribution in [3.05, 3.63) is 62.7 Å². The van der Waals surface area contributed by atoms with E-state index in [1.807, 2.05) is 0 Å². The molecule has 0 aliphatic heterocycles. The molecule has 2 heterocycles. The second-order valence-corrected chi connectivity index (χ2v) is 5.69. The zero-order chi connectivity index (χ0) is 19.7. The second kappa shape index (κ2) is 7.28. The molecule has 2 N–H and O–H groups in total. The quantitative estimate of drug-likeness (QED) is 0.515. The molecule has 0 aliphatic carbocycles. The molecule has 0 amide bonds. The van der Waals surface area contributed by atoms with Crippen LogP contribution in [0.2, 0.25) is 5.15 Å². The van der Waals surface area contributed by atoms with Crippen LogP contribution in [0.25, 0.3) is 11.0 Å². The maximum atomic E-state index is 14.0. The normalized spacial score (nSPS) is 10.9. The van der Waals surface area contributed by atoms with Crippen LogP contribution in [0.4, 0.5) is 24.7 Å². The Balaban J connectivity index is 2.25. The van der Waals surface area contributed by atoms with E-state index in [2.05, 4.69) is 15.3 Å². The molecule has 3 aromatic rings. The summed E-state index contributed by atoms with van der Waals surface area (Å²) < 4.78 is 45.6. The van der Waals surface area contributed by atoms with Crippen molar-refractivity contribution in [3.63, 3.8) is 0 Å². The summed E-state index contributed by atoms with van der Waals surface area (Å²) in [6.07, 6.45) is 0. The molecule has 0 saturated heterocycles. The first kappa shape index (κ1) is 18.7. The fourth-order valence-electron chi connectivity index (χ4n) is 2.38. The number of hydrogen-bond acceptors (Lipinski definition) is 5. The molecule has 0 bridgehead atoms. The van der Waals surface area contributed by atoms with Crippen molar-refractivity contribution in [3.8, 4) is 0 Å². The lowest BCUT2D eigenvalue weighted by molar-refractivity contribution is 0.0526. The Labute approximate surface area is 154 Å². The smallest absolute Gasteiger partial charge is 0.345 e. The third kappa shape index (κ3) is 3.59. The minimum absolute atomic E-state index is 0.0338. The zero-order valence-electron chi connectivity index (χ0n) is 13.7. The Morgan fingerprint density at radius 2 is 2.00 bits per heavy atom. The van der Waals surface area contributed by atoms with Crippen molar-refractivity contribution in [1.29, 1.82) is 0 Å². The fourth-order valence-corrected chi connectivity index (χ4v) is 2.52. The van der Waals surface area contributed by atoms with Gasteiger partial charge in [-0.3, -0.25) is 4.79 Å². The van der Waals surface area contributed by atoms with Gasteiger partial charge in [0, 0.05) is 6.07 Å². The number of pyridine rings is 2. The predicted molar refractivity (Wildman–Crippen MR) is 92.9 cm³/mol. The standard InChI is InChI=1S/C17H11ClF3N3O3/c1-2-27-17(26)12-13(25)8-6-10(21)14(18)23-15(8)24-16(12)22-11-4-3-7(19)5-9(11)20/h3-6H,2H2,1H3,(H2,22,23,24,25). The van der Waals surface area contributed by atoms with Gasteiger partial charge < -0.3 is 15.0 Å². The van der Waals surface area contributed by atoms with Crippen molar-refractivity contribution in [2.24, 2.45) is 0 Å². The number of nitrogens with one attached hydrogen (secondary N) is 2. The molecule has 0 atom stereocenters. The minimum Gasteiger partial charge on any atom is -0.462 e. The number of H-pyrrole nitrogens is 1. The number of benzene rings is 1. The van der Waals surface area contributed by atoms with Crippen LogP contribution in [-0.2, 0) is 4.74 Å². The highest BCUT2D eigenvalue weighted by atomic mass is 35.5. The fraction of sp³-hybridized carbons (Fsp3) is 0.118. The SMILES string of the molecule is CCOC(=O)c1c(Nc2ccc(F)cc2F)[nH]c2nc(Cl)c(F)cc2c1=O. The van der Waals surface area contributed by atoms with E-state index < -0.39 is 39.6 Å². The van der Waals surface area contributed by atoms with Crippen LogP contribution in [0.15, 0.2) is 29.1 Å². The van der Waals surface area contributed by atoms with E-state index in [1.165, 1.54) is 6.92 Å². The Morgan fingerprint density at radius 1 is 1.26 bits per heavy atom. The highest BCUT2D eigenvalue weighted by Crippen LogP contribution is 2.24. The highest BCUT2D eigenvalue weighted by molar-refractivity contribution is 6.29. The predicted octanol–water partition coefficient (Wildman–Crippen LogP) is 3.91. The van der Waals surface area contributed by atoms with Gasteiger partial charge in [0.2, 0.25) is 5.43 Å². The first-order chi connectivity index (χ1) is 12.8. The van der Waals surface area contributed by atoms with Gasteiger partial charge in [0.1, 0.15) is 28.7 Å². The molecule has 3 rings (SSSR count). The van der Waals surface area contributed by atoms with E-state index in [0.717, 1.165) is 18.2 Å². The number of aromatic amines is 1. The van der Waals surface area contributed by atoms with E-state index in [4.69, 9.17) is 16.3 Å². The van der Waals surface area contributed by atoms with Gasteiger partial charge in [0.05, 0.1) is 17.7 Å². The number of carbonyl (C=O) groups excluding carboxylic acids is 1. The average molecular weight is 398 g/mol. The average Bonchev–Trinajstić information content (AvgIpc) is 2.59. The molecule has 0 unspecified atom stereocenters. The highest BCUT2D eigenvalue weighted by Gasteiger charge is 2.23. The van der Waals surface area contributed by atoms with Crippen LogP contribution < -0.4 is 10.7 Å². The Kier molecular flexibility index (Phi) is 5.04. The topological polar surface area (TPSA) is 84.1 Å². The minimum atomic E-state index is -1.01. The summed E-state index contributed by atoms with van der Waals surface area (Å²) in [7, 11) is 0. The van der Waals surface area contributed by atoms with Crippen molar-refractivity contribution in [2.45, 2.75) is 6.92 Å². The van der Waals surface area contributed by atoms with Gasteiger partial charge in [-0.2, -0.15) is 0 Å². The van der Waals surface area contributed by atoms with Crippen molar-refractivity contribution < 1.29 is 22.7 Å². The van der Waals surface area contributed by atoms with Crippen LogP contribution >= 0.6 is 11.6 Å². The number of hydrogen-bond donors (Lipinski definition) is 2. The molecular formula is C17H11ClF3N3O3. The van der Waals surface area contributed by atoms with Gasteiger partial charge in [-0.1, -0.05) is 11.6 Å². The van der Waals surface area contributed by atoms with Gasteiger partial charge >= 0.3 is 5.97 Å². The molecule has 10 heteroatoms. The van der Waals surface area contributed by atoms with Gasteiger partial charge in [-0.25, -0.2) is 22.9 Å². The molecular weight excluding hydrogens is 387 g/mol. The number of halogens is 4. The lowest BCUT2D eigenvalue weighted by Gasteiger charge is -2.13. The number of fused-ring (bicyclic) bond motifs is 1. The van der Waals surface area contributed by atoms with Crippen molar-refractivity contribution in [2.75, 3.05) is 11.9 Å². The summed E-state index contributed by atoms with van der Waals surface area (Å²) >= 11 is 5.63. The summed E-state index contributed by atoms with van der Waals surface area (Å²) in [5.41, 5.74) is -1.76. The van der Waals surface area contributed by atoms with Crippen LogP contribution in [0, 0.1) is 17.5 Å². The van der Waals surface area contributed by atoms with E-state index in [0.29, 0.717) is 6.07 Å². The molecule has 1 aromatic carbocycles. The molecule has 27 heavy (non-hydrogen) atoms. The number of aromatic nitrogens is 2. The lowest BCUT2D eigenvalue weighted by atomic mass is 10.1. The van der Waals surface area contributed by atoms with Gasteiger partial charge in [0.15, 0.2) is 11.0 Å². The largest absolute Gasteiger partial charge is 0.462 e. The maximum Gasteiger partial charge on any atom is 0.345 e. The molecule has 0 fully saturated rings. The molecule has 0 aliphatic rings. The first-order valence-corrected chi connectivity index (χ1v) is 8.00. The van der Waals surface area contributed by atoms with Crippen LogP contribution in [0.5, 0.6) is 0 Å². The third-order valence-corrected chi connectivity index (χ3v) is 3.83. The molecule has 0 spiro atoms. The van der Waals surface area contributed by atoms with Crippen LogP contribution in [-0.4, -0.2) is 22.5 Å². The van der Waals surface area contributed by atoms with Gasteiger partial charge in [-0.05, 0) is 25.1 Å². The summed E-state index contributed by atoms with van der Waals surface area (Å²) in [5, 5.41) is 1.76. The Hall–Kier alpha value is -3.07. The maximum absolute atomic E-state index is 14.0. The number of rotatable bonds is 4. The van der Waals surface area contributed by atoms with Crippen molar-refractivity contribution >= 4 is 40.1 Å². The van der Waals surface area contributed by atoms with Gasteiger partial charge in [-0.15, -0.1) is 0 Å². The van der Waals surface area contributed by atoms with E-state index >= 15 is 0 Å². The number of nitrogens with zero attached hydrogens (tertiary/aromatic N) is 1.